The molecule has 0 saturated heterocycles. The molecule has 2 heterocycles. The van der Waals surface area contributed by atoms with Crippen molar-refractivity contribution in [3.63, 3.8) is 0 Å². The van der Waals surface area contributed by atoms with Crippen LogP contribution in [-0.4, -0.2) is 34.9 Å². The topological polar surface area (TPSA) is 86.8 Å². The minimum atomic E-state index is -0.744. The Hall–Kier alpha value is -2.61. The molecule has 0 unspecified atom stereocenters. The minimum Gasteiger partial charge on any atom is -0.492 e. The van der Waals surface area contributed by atoms with E-state index in [1.807, 2.05) is 20.8 Å². The molecule has 0 aliphatic carbocycles. The molecular weight excluding hydrogens is 405 g/mol. The van der Waals surface area contributed by atoms with E-state index in [1.54, 1.807) is 18.2 Å². The fraction of sp³-hybridized carbons (Fsp3) is 0.409. The van der Waals surface area contributed by atoms with Crippen molar-refractivity contribution < 1.29 is 18.7 Å². The highest BCUT2D eigenvalue weighted by Gasteiger charge is 2.32. The number of amidine groups is 1. The van der Waals surface area contributed by atoms with Gasteiger partial charge in [0.1, 0.15) is 17.3 Å². The van der Waals surface area contributed by atoms with Crippen molar-refractivity contribution >= 4 is 22.7 Å². The molecule has 0 fully saturated rings. The first-order valence-corrected chi connectivity index (χ1v) is 10.9. The van der Waals surface area contributed by atoms with Crippen LogP contribution in [0, 0.1) is 5.82 Å². The molecule has 1 aliphatic heterocycles. The molecule has 3 rings (SSSR count). The second kappa shape index (κ2) is 9.47. The Bertz CT molecular complexity index is 967. The van der Waals surface area contributed by atoms with Gasteiger partial charge >= 0.3 is 0 Å². The van der Waals surface area contributed by atoms with E-state index in [1.165, 1.54) is 24.0 Å². The van der Waals surface area contributed by atoms with Crippen LogP contribution in [0.2, 0.25) is 0 Å². The lowest BCUT2D eigenvalue weighted by Gasteiger charge is -2.30. The number of hydrogen-bond donors (Lipinski definition) is 1. The number of pyridine rings is 1. The van der Waals surface area contributed by atoms with Crippen LogP contribution in [0.5, 0.6) is 11.5 Å². The Morgan fingerprint density at radius 1 is 1.27 bits per heavy atom. The molecule has 160 valence electrons. The quantitative estimate of drug-likeness (QED) is 0.633. The average Bonchev–Trinajstić information content (AvgIpc) is 2.70. The molecule has 0 radical (unpaired) electrons. The van der Waals surface area contributed by atoms with E-state index in [9.17, 15) is 9.18 Å². The Morgan fingerprint density at radius 2 is 2.03 bits per heavy atom. The van der Waals surface area contributed by atoms with E-state index in [0.717, 1.165) is 5.75 Å². The zero-order valence-electron chi connectivity index (χ0n) is 17.4. The fourth-order valence-electron chi connectivity index (χ4n) is 3.39. The molecule has 2 aromatic rings. The van der Waals surface area contributed by atoms with Gasteiger partial charge in [-0.2, -0.15) is 0 Å². The largest absolute Gasteiger partial charge is 0.492 e. The predicted octanol–water partition coefficient (Wildman–Crippen LogP) is 4.11. The third-order valence-electron chi connectivity index (χ3n) is 4.87. The van der Waals surface area contributed by atoms with Gasteiger partial charge in [0, 0.05) is 23.8 Å². The van der Waals surface area contributed by atoms with Gasteiger partial charge < -0.3 is 15.2 Å². The lowest BCUT2D eigenvalue weighted by molar-refractivity contribution is 0.0984. The van der Waals surface area contributed by atoms with Crippen LogP contribution in [-0.2, 0) is 12.0 Å². The highest BCUT2D eigenvalue weighted by atomic mass is 32.2. The lowest BCUT2D eigenvalue weighted by atomic mass is 9.87. The van der Waals surface area contributed by atoms with Crippen LogP contribution in [0.3, 0.4) is 0 Å². The monoisotopic (exact) mass is 431 g/mol. The number of aliphatic imine (C=N–C) groups is 1. The van der Waals surface area contributed by atoms with E-state index in [-0.39, 0.29) is 23.7 Å². The molecule has 8 heteroatoms. The molecule has 6 nitrogen and oxygen atoms in total. The summed E-state index contributed by atoms with van der Waals surface area (Å²) >= 11 is 1.46. The number of nitrogens with zero attached hydrogens (tertiary/aromatic N) is 2. The number of rotatable bonds is 8. The van der Waals surface area contributed by atoms with Crippen molar-refractivity contribution in [1.82, 2.24) is 4.98 Å². The summed E-state index contributed by atoms with van der Waals surface area (Å²) < 4.78 is 25.7. The standard InChI is InChI=1S/C22H26FN3O3S/c1-4-28-15-12-19(29-5-2)20(25-13-15)18(27)11-14-6-7-17(23)16(10-14)22(3)8-9-30-21(24)26-22/h6-7,10,12-13H,4-5,8-9,11H2,1-3H3,(H2,24,26)/t22-/m0/s1. The van der Waals surface area contributed by atoms with Crippen LogP contribution in [0.15, 0.2) is 35.5 Å². The molecule has 30 heavy (non-hydrogen) atoms. The summed E-state index contributed by atoms with van der Waals surface area (Å²) in [5.41, 5.74) is 6.49. The Morgan fingerprint density at radius 3 is 2.73 bits per heavy atom. The van der Waals surface area contributed by atoms with Gasteiger partial charge in [-0.25, -0.2) is 9.37 Å². The van der Waals surface area contributed by atoms with E-state index >= 15 is 0 Å². The van der Waals surface area contributed by atoms with E-state index in [0.29, 0.717) is 47.4 Å². The molecule has 0 spiro atoms. The number of thioether (sulfide) groups is 1. The van der Waals surface area contributed by atoms with Gasteiger partial charge in [0.15, 0.2) is 16.7 Å². The summed E-state index contributed by atoms with van der Waals surface area (Å²) in [6.07, 6.45) is 2.24. The number of halogens is 1. The Labute approximate surface area is 180 Å². The first-order valence-electron chi connectivity index (χ1n) is 9.92. The summed E-state index contributed by atoms with van der Waals surface area (Å²) in [6, 6.07) is 6.36. The lowest BCUT2D eigenvalue weighted by Crippen LogP contribution is -2.29. The molecule has 1 aliphatic rings. The average molecular weight is 432 g/mol. The Balaban J connectivity index is 1.88. The molecule has 2 N–H and O–H groups in total. The predicted molar refractivity (Wildman–Crippen MR) is 117 cm³/mol. The number of ether oxygens (including phenoxy) is 2. The smallest absolute Gasteiger partial charge is 0.189 e. The maximum absolute atomic E-state index is 14.6. The number of aromatic nitrogens is 1. The van der Waals surface area contributed by atoms with E-state index in [2.05, 4.69) is 9.98 Å². The summed E-state index contributed by atoms with van der Waals surface area (Å²) in [4.78, 5) is 21.7. The van der Waals surface area contributed by atoms with Crippen molar-refractivity contribution in [2.75, 3.05) is 19.0 Å². The molecule has 1 aromatic carbocycles. The molecule has 1 atom stereocenters. The van der Waals surface area contributed by atoms with Gasteiger partial charge in [0.05, 0.1) is 24.9 Å². The van der Waals surface area contributed by atoms with Gasteiger partial charge in [-0.05, 0) is 44.9 Å². The fourth-order valence-corrected chi connectivity index (χ4v) is 4.37. The number of hydrogen-bond acceptors (Lipinski definition) is 7. The number of Topliss-reactive ketones (excluding diaryl/α,β-unsaturated/α-hetero) is 1. The van der Waals surface area contributed by atoms with Gasteiger partial charge in [-0.1, -0.05) is 17.8 Å². The zero-order chi connectivity index (χ0) is 21.7. The van der Waals surface area contributed by atoms with Crippen LogP contribution in [0.1, 0.15) is 48.8 Å². The minimum absolute atomic E-state index is 0.0678. The van der Waals surface area contributed by atoms with E-state index in [4.69, 9.17) is 15.2 Å². The van der Waals surface area contributed by atoms with Crippen molar-refractivity contribution in [3.8, 4) is 11.5 Å². The van der Waals surface area contributed by atoms with Crippen LogP contribution in [0.25, 0.3) is 0 Å². The first kappa shape index (κ1) is 22.1. The SMILES string of the molecule is CCOc1cnc(C(=O)Cc2ccc(F)c([C@]3(C)CCSC(N)=N3)c2)c(OCC)c1. The zero-order valence-corrected chi connectivity index (χ0v) is 18.2. The van der Waals surface area contributed by atoms with Crippen LogP contribution >= 0.6 is 11.8 Å². The van der Waals surface area contributed by atoms with Crippen molar-refractivity contribution in [3.05, 3.63) is 53.1 Å². The molecular formula is C22H26FN3O3S. The highest BCUT2D eigenvalue weighted by molar-refractivity contribution is 8.13. The van der Waals surface area contributed by atoms with Crippen LogP contribution < -0.4 is 15.2 Å². The van der Waals surface area contributed by atoms with Crippen molar-refractivity contribution in [2.45, 2.75) is 39.2 Å². The second-order valence-corrected chi connectivity index (χ2v) is 8.24. The van der Waals surface area contributed by atoms with Gasteiger partial charge in [0.2, 0.25) is 0 Å². The number of benzene rings is 1. The molecule has 0 bridgehead atoms. The molecule has 0 amide bonds. The summed E-state index contributed by atoms with van der Waals surface area (Å²) in [6.45, 7) is 6.46. The maximum Gasteiger partial charge on any atom is 0.189 e. The number of carbonyl (C=O) groups excluding carboxylic acids is 1. The van der Waals surface area contributed by atoms with E-state index < -0.39 is 5.54 Å². The third-order valence-corrected chi connectivity index (χ3v) is 5.67. The second-order valence-electron chi connectivity index (χ2n) is 7.12. The maximum atomic E-state index is 14.6. The van der Waals surface area contributed by atoms with Crippen molar-refractivity contribution in [1.29, 1.82) is 0 Å². The third kappa shape index (κ3) is 4.92. The van der Waals surface area contributed by atoms with Gasteiger partial charge in [-0.3, -0.25) is 9.79 Å². The Kier molecular flexibility index (Phi) is 6.97. The highest BCUT2D eigenvalue weighted by Crippen LogP contribution is 2.37. The van der Waals surface area contributed by atoms with Crippen LogP contribution in [0.4, 0.5) is 4.39 Å². The van der Waals surface area contributed by atoms with Crippen molar-refractivity contribution in [2.24, 2.45) is 10.7 Å². The number of ketones is 1. The van der Waals surface area contributed by atoms with Gasteiger partial charge in [-0.15, -0.1) is 0 Å². The first-order chi connectivity index (χ1) is 14.4. The number of carbonyl (C=O) groups is 1. The normalized spacial score (nSPS) is 18.6. The number of nitrogens with two attached hydrogens (primary N) is 1. The summed E-state index contributed by atoms with van der Waals surface area (Å²) in [5.74, 6) is 1.12. The summed E-state index contributed by atoms with van der Waals surface area (Å²) in [5, 5.41) is 0.449. The summed E-state index contributed by atoms with van der Waals surface area (Å²) in [7, 11) is 0. The molecule has 1 aromatic heterocycles. The molecule has 0 saturated carbocycles. The van der Waals surface area contributed by atoms with Gasteiger partial charge in [0.25, 0.3) is 0 Å².